The van der Waals surface area contributed by atoms with E-state index in [0.29, 0.717) is 30.2 Å². The number of carboxylic acids is 1. The quantitative estimate of drug-likeness (QED) is 0.866. The zero-order valence-corrected chi connectivity index (χ0v) is 14.5. The fraction of sp³-hybridized carbons (Fsp3) is 0.421. The summed E-state index contributed by atoms with van der Waals surface area (Å²) in [6.07, 6.45) is 4.09. The molecule has 0 bridgehead atoms. The number of hydrogen-bond donors (Lipinski definition) is 1. The summed E-state index contributed by atoms with van der Waals surface area (Å²) in [5.41, 5.74) is 0.838. The number of carboxylic acid groups (broad SMARTS) is 1. The lowest BCUT2D eigenvalue weighted by Crippen LogP contribution is -2.46. The molecule has 1 fully saturated rings. The predicted molar refractivity (Wildman–Crippen MR) is 92.1 cm³/mol. The molecule has 25 heavy (non-hydrogen) atoms. The average molecular weight is 345 g/mol. The van der Waals surface area contributed by atoms with Crippen molar-refractivity contribution in [2.45, 2.75) is 31.3 Å². The Morgan fingerprint density at radius 3 is 2.76 bits per heavy atom. The van der Waals surface area contributed by atoms with Crippen molar-refractivity contribution in [3.8, 4) is 11.5 Å². The van der Waals surface area contributed by atoms with Crippen molar-refractivity contribution in [3.63, 3.8) is 0 Å². The van der Waals surface area contributed by atoms with E-state index in [1.165, 1.54) is 0 Å². The minimum atomic E-state index is -0.807. The number of nitrogens with zero attached hydrogens (tertiary/aromatic N) is 1. The van der Waals surface area contributed by atoms with Crippen molar-refractivity contribution >= 4 is 5.97 Å². The number of ether oxygens (including phenoxy) is 2. The molecule has 2 atom stereocenters. The molecule has 3 rings (SSSR count). The van der Waals surface area contributed by atoms with E-state index in [9.17, 15) is 9.90 Å². The molecule has 1 aliphatic rings. The van der Waals surface area contributed by atoms with Crippen molar-refractivity contribution in [1.82, 2.24) is 4.90 Å². The number of hydrogen-bond acceptors (Lipinski definition) is 5. The Labute approximate surface area is 147 Å². The molecule has 2 heterocycles. The molecule has 1 saturated heterocycles. The largest absolute Gasteiger partial charge is 0.497 e. The third kappa shape index (κ3) is 3.49. The van der Waals surface area contributed by atoms with E-state index in [4.69, 9.17) is 13.9 Å². The summed E-state index contributed by atoms with van der Waals surface area (Å²) in [6.45, 7) is 0.683. The molecule has 1 N–H and O–H groups in total. The lowest BCUT2D eigenvalue weighted by atomic mass is 9.94. The van der Waals surface area contributed by atoms with E-state index in [-0.39, 0.29) is 6.04 Å². The highest BCUT2D eigenvalue weighted by atomic mass is 16.5. The van der Waals surface area contributed by atoms with Crippen molar-refractivity contribution in [3.05, 3.63) is 47.9 Å². The highest BCUT2D eigenvalue weighted by molar-refractivity contribution is 5.73. The maximum atomic E-state index is 11.8. The van der Waals surface area contributed by atoms with Crippen molar-refractivity contribution < 1.29 is 23.8 Å². The van der Waals surface area contributed by atoms with Crippen LogP contribution in [0.5, 0.6) is 11.5 Å². The van der Waals surface area contributed by atoms with Crippen LogP contribution in [0, 0.1) is 0 Å². The standard InChI is InChI=1S/C19H23NO5/c1-23-13-8-9-16(24-2)14(12-13)18(17-7-5-11-25-17)20-10-4-3-6-15(20)19(21)22/h5,7-9,11-12,15,18H,3-4,6,10H2,1-2H3,(H,21,22). The highest BCUT2D eigenvalue weighted by Gasteiger charge is 2.37. The number of likely N-dealkylation sites (tertiary alicyclic amines) is 1. The van der Waals surface area contributed by atoms with Gasteiger partial charge in [-0.25, -0.2) is 0 Å². The summed E-state index contributed by atoms with van der Waals surface area (Å²) in [4.78, 5) is 13.8. The molecular formula is C19H23NO5. The number of benzene rings is 1. The van der Waals surface area contributed by atoms with Crippen LogP contribution >= 0.6 is 0 Å². The smallest absolute Gasteiger partial charge is 0.320 e. The van der Waals surface area contributed by atoms with E-state index in [1.54, 1.807) is 20.5 Å². The molecular weight excluding hydrogens is 322 g/mol. The van der Waals surface area contributed by atoms with E-state index >= 15 is 0 Å². The minimum Gasteiger partial charge on any atom is -0.497 e. The molecule has 2 aromatic rings. The number of carbonyl (C=O) groups is 1. The third-order valence-corrected chi connectivity index (χ3v) is 4.71. The number of piperidine rings is 1. The first-order valence-electron chi connectivity index (χ1n) is 8.39. The van der Waals surface area contributed by atoms with Crippen LogP contribution in [0.4, 0.5) is 0 Å². The fourth-order valence-electron chi connectivity index (χ4n) is 3.52. The maximum Gasteiger partial charge on any atom is 0.320 e. The Bertz CT molecular complexity index is 713. The summed E-state index contributed by atoms with van der Waals surface area (Å²) < 4.78 is 16.6. The minimum absolute atomic E-state index is 0.346. The van der Waals surface area contributed by atoms with Gasteiger partial charge in [0, 0.05) is 12.1 Å². The second-order valence-corrected chi connectivity index (χ2v) is 6.11. The molecule has 134 valence electrons. The Morgan fingerprint density at radius 2 is 2.12 bits per heavy atom. The van der Waals surface area contributed by atoms with Crippen molar-refractivity contribution in [2.75, 3.05) is 20.8 Å². The highest BCUT2D eigenvalue weighted by Crippen LogP contribution is 2.40. The normalized spacial score (nSPS) is 19.4. The number of aliphatic carboxylic acids is 1. The van der Waals surface area contributed by atoms with Crippen LogP contribution in [0.2, 0.25) is 0 Å². The van der Waals surface area contributed by atoms with Crippen LogP contribution in [0.3, 0.4) is 0 Å². The Kier molecular flexibility index (Phi) is 5.28. The molecule has 0 spiro atoms. The lowest BCUT2D eigenvalue weighted by molar-refractivity contribution is -0.145. The van der Waals surface area contributed by atoms with E-state index in [1.807, 2.05) is 35.2 Å². The molecule has 0 amide bonds. The lowest BCUT2D eigenvalue weighted by Gasteiger charge is -2.38. The van der Waals surface area contributed by atoms with Crippen LogP contribution in [0.15, 0.2) is 41.0 Å². The third-order valence-electron chi connectivity index (χ3n) is 4.71. The van der Waals surface area contributed by atoms with Gasteiger partial charge in [0.2, 0.25) is 0 Å². The van der Waals surface area contributed by atoms with Crippen LogP contribution < -0.4 is 9.47 Å². The van der Waals surface area contributed by atoms with Crippen LogP contribution in [-0.4, -0.2) is 42.8 Å². The Hall–Kier alpha value is -2.47. The molecule has 0 saturated carbocycles. The maximum absolute atomic E-state index is 11.8. The van der Waals surface area contributed by atoms with Crippen molar-refractivity contribution in [2.24, 2.45) is 0 Å². The average Bonchev–Trinajstić information content (AvgIpc) is 3.16. The SMILES string of the molecule is COc1ccc(OC)c(C(c2ccco2)N2CCCCC2C(=O)O)c1. The van der Waals surface area contributed by atoms with E-state index in [2.05, 4.69) is 0 Å². The first-order valence-corrected chi connectivity index (χ1v) is 8.39. The van der Waals surface area contributed by atoms with Gasteiger partial charge < -0.3 is 19.0 Å². The van der Waals surface area contributed by atoms with Gasteiger partial charge in [-0.2, -0.15) is 0 Å². The molecule has 1 aromatic carbocycles. The zero-order valence-electron chi connectivity index (χ0n) is 14.5. The van der Waals surface area contributed by atoms with Gasteiger partial charge in [-0.1, -0.05) is 6.42 Å². The monoisotopic (exact) mass is 345 g/mol. The van der Waals surface area contributed by atoms with Gasteiger partial charge in [0.1, 0.15) is 23.3 Å². The van der Waals surface area contributed by atoms with E-state index < -0.39 is 12.0 Å². The van der Waals surface area contributed by atoms with Crippen LogP contribution in [-0.2, 0) is 4.79 Å². The molecule has 0 aliphatic carbocycles. The van der Waals surface area contributed by atoms with Gasteiger partial charge in [0.15, 0.2) is 0 Å². The summed E-state index contributed by atoms with van der Waals surface area (Å²) in [5, 5.41) is 9.70. The molecule has 2 unspecified atom stereocenters. The first kappa shape index (κ1) is 17.4. The van der Waals surface area contributed by atoms with Gasteiger partial charge in [0.05, 0.1) is 26.5 Å². The summed E-state index contributed by atoms with van der Waals surface area (Å²) in [6, 6.07) is 8.34. The fourth-order valence-corrected chi connectivity index (χ4v) is 3.52. The first-order chi connectivity index (χ1) is 12.2. The Balaban J connectivity index is 2.11. The second-order valence-electron chi connectivity index (χ2n) is 6.11. The zero-order chi connectivity index (χ0) is 17.8. The molecule has 1 aliphatic heterocycles. The topological polar surface area (TPSA) is 72.1 Å². The number of furan rings is 1. The van der Waals surface area contributed by atoms with Crippen molar-refractivity contribution in [1.29, 1.82) is 0 Å². The van der Waals surface area contributed by atoms with Crippen LogP contribution in [0.25, 0.3) is 0 Å². The summed E-state index contributed by atoms with van der Waals surface area (Å²) >= 11 is 0. The molecule has 0 radical (unpaired) electrons. The van der Waals surface area contributed by atoms with E-state index in [0.717, 1.165) is 18.4 Å². The molecule has 6 nitrogen and oxygen atoms in total. The van der Waals surface area contributed by atoms with Gasteiger partial charge >= 0.3 is 5.97 Å². The van der Waals surface area contributed by atoms with Crippen LogP contribution in [0.1, 0.15) is 36.6 Å². The number of methoxy groups -OCH3 is 2. The Morgan fingerprint density at radius 1 is 1.28 bits per heavy atom. The summed E-state index contributed by atoms with van der Waals surface area (Å²) in [7, 11) is 3.21. The summed E-state index contributed by atoms with van der Waals surface area (Å²) in [5.74, 6) is 1.26. The molecule has 6 heteroatoms. The van der Waals surface area contributed by atoms with Gasteiger partial charge in [-0.05, 0) is 43.2 Å². The predicted octanol–water partition coefficient (Wildman–Crippen LogP) is 3.33. The second kappa shape index (κ2) is 7.61. The molecule has 1 aromatic heterocycles. The van der Waals surface area contributed by atoms with Gasteiger partial charge in [-0.15, -0.1) is 0 Å². The van der Waals surface area contributed by atoms with Gasteiger partial charge in [-0.3, -0.25) is 9.69 Å². The van der Waals surface area contributed by atoms with Gasteiger partial charge in [0.25, 0.3) is 0 Å². The number of rotatable bonds is 6.